The molecular weight excluding hydrogens is 350 g/mol. The predicted octanol–water partition coefficient (Wildman–Crippen LogP) is 4.48. The second-order valence-corrected chi connectivity index (χ2v) is 6.49. The van der Waals surface area contributed by atoms with Gasteiger partial charge < -0.3 is 4.74 Å². The number of carbonyl (C=O) groups excluding carboxylic acids is 1. The lowest BCUT2D eigenvalue weighted by atomic mass is 9.96. The summed E-state index contributed by atoms with van der Waals surface area (Å²) >= 11 is 0. The van der Waals surface area contributed by atoms with Crippen molar-refractivity contribution in [1.29, 1.82) is 0 Å². The van der Waals surface area contributed by atoms with Crippen LogP contribution in [0.1, 0.15) is 21.5 Å². The highest BCUT2D eigenvalue weighted by molar-refractivity contribution is 6.12. The van der Waals surface area contributed by atoms with Gasteiger partial charge in [0.25, 0.3) is 0 Å². The molecule has 0 aliphatic heterocycles. The third-order valence-corrected chi connectivity index (χ3v) is 4.58. The quantitative estimate of drug-likeness (QED) is 0.487. The number of ether oxygens (including phenoxy) is 1. The van der Waals surface area contributed by atoms with E-state index >= 15 is 0 Å². The zero-order valence-electron chi connectivity index (χ0n) is 15.7. The molecule has 0 unspecified atom stereocenters. The van der Waals surface area contributed by atoms with E-state index in [4.69, 9.17) is 4.74 Å². The first kappa shape index (κ1) is 17.7. The Hall–Kier alpha value is -3.73. The summed E-state index contributed by atoms with van der Waals surface area (Å²) in [6.07, 6.45) is 1.83. The van der Waals surface area contributed by atoms with Crippen LogP contribution < -0.4 is 4.74 Å². The molecule has 0 saturated carbocycles. The van der Waals surface area contributed by atoms with Crippen molar-refractivity contribution in [3.63, 3.8) is 0 Å². The number of hydrogen-bond donors (Lipinski definition) is 0. The molecule has 4 rings (SSSR count). The van der Waals surface area contributed by atoms with Gasteiger partial charge in [0.15, 0.2) is 5.78 Å². The van der Waals surface area contributed by atoms with Crippen LogP contribution in [-0.2, 0) is 0 Å². The second-order valence-electron chi connectivity index (χ2n) is 6.49. The monoisotopic (exact) mass is 369 g/mol. The molecule has 0 bridgehead atoms. The van der Waals surface area contributed by atoms with E-state index in [1.807, 2.05) is 67.7 Å². The van der Waals surface area contributed by atoms with Gasteiger partial charge in [0.05, 0.1) is 19.0 Å². The third kappa shape index (κ3) is 3.42. The minimum atomic E-state index is -0.0839. The van der Waals surface area contributed by atoms with Gasteiger partial charge in [-0.15, -0.1) is 5.10 Å². The highest BCUT2D eigenvalue weighted by Crippen LogP contribution is 2.28. The van der Waals surface area contributed by atoms with Crippen molar-refractivity contribution in [2.45, 2.75) is 6.92 Å². The number of methoxy groups -OCH3 is 1. The molecule has 0 radical (unpaired) electrons. The lowest BCUT2D eigenvalue weighted by molar-refractivity contribution is 0.103. The first-order valence-electron chi connectivity index (χ1n) is 8.93. The molecule has 0 saturated heterocycles. The van der Waals surface area contributed by atoms with E-state index in [2.05, 4.69) is 10.3 Å². The molecule has 0 aliphatic rings. The van der Waals surface area contributed by atoms with E-state index in [1.54, 1.807) is 30.0 Å². The molecule has 0 fully saturated rings. The first-order chi connectivity index (χ1) is 13.7. The first-order valence-corrected chi connectivity index (χ1v) is 8.93. The molecule has 0 amide bonds. The van der Waals surface area contributed by atoms with Crippen LogP contribution in [0.25, 0.3) is 16.9 Å². The van der Waals surface area contributed by atoms with Gasteiger partial charge in [-0.1, -0.05) is 53.2 Å². The number of nitrogens with zero attached hydrogens (tertiary/aromatic N) is 3. The largest absolute Gasteiger partial charge is 0.497 e. The van der Waals surface area contributed by atoms with Crippen LogP contribution in [0.3, 0.4) is 0 Å². The number of benzene rings is 3. The Morgan fingerprint density at radius 2 is 1.71 bits per heavy atom. The van der Waals surface area contributed by atoms with Crippen molar-refractivity contribution in [2.75, 3.05) is 7.11 Å². The Kier molecular flexibility index (Phi) is 4.72. The van der Waals surface area contributed by atoms with Crippen molar-refractivity contribution < 1.29 is 9.53 Å². The fourth-order valence-corrected chi connectivity index (χ4v) is 3.02. The number of aryl methyl sites for hydroxylation is 1. The average Bonchev–Trinajstić information content (AvgIpc) is 3.24. The number of aromatic nitrogens is 3. The fraction of sp³-hybridized carbons (Fsp3) is 0.0870. The number of hydrogen-bond acceptors (Lipinski definition) is 4. The Bertz CT molecular complexity index is 1120. The maximum absolute atomic E-state index is 13.1. The Morgan fingerprint density at radius 1 is 0.964 bits per heavy atom. The molecule has 138 valence electrons. The SMILES string of the molecule is COc1ccc(-c2cn(-c3ccc(C)cc3)nn2)c(C(=O)c2ccccc2)c1. The van der Waals surface area contributed by atoms with Crippen LogP contribution >= 0.6 is 0 Å². The molecule has 3 aromatic carbocycles. The van der Waals surface area contributed by atoms with Gasteiger partial charge in [-0.3, -0.25) is 4.79 Å². The Morgan fingerprint density at radius 3 is 2.43 bits per heavy atom. The molecule has 0 atom stereocenters. The Labute approximate surface area is 163 Å². The van der Waals surface area contributed by atoms with Crippen molar-refractivity contribution in [3.8, 4) is 22.7 Å². The van der Waals surface area contributed by atoms with Crippen molar-refractivity contribution >= 4 is 5.78 Å². The lowest BCUT2D eigenvalue weighted by Crippen LogP contribution is -2.04. The van der Waals surface area contributed by atoms with Crippen LogP contribution in [0.15, 0.2) is 79.0 Å². The summed E-state index contributed by atoms with van der Waals surface area (Å²) in [6.45, 7) is 2.04. The third-order valence-electron chi connectivity index (χ3n) is 4.58. The van der Waals surface area contributed by atoms with Crippen molar-refractivity contribution in [2.24, 2.45) is 0 Å². The molecule has 1 heterocycles. The van der Waals surface area contributed by atoms with Gasteiger partial charge in [-0.2, -0.15) is 0 Å². The summed E-state index contributed by atoms with van der Waals surface area (Å²) in [5.41, 5.74) is 4.57. The highest BCUT2D eigenvalue weighted by Gasteiger charge is 2.18. The molecule has 0 aliphatic carbocycles. The van der Waals surface area contributed by atoms with Gasteiger partial charge in [-0.05, 0) is 37.3 Å². The van der Waals surface area contributed by atoms with E-state index in [1.165, 1.54) is 5.56 Å². The summed E-state index contributed by atoms with van der Waals surface area (Å²) in [5, 5.41) is 8.53. The molecule has 5 nitrogen and oxygen atoms in total. The average molecular weight is 369 g/mol. The summed E-state index contributed by atoms with van der Waals surface area (Å²) in [7, 11) is 1.58. The van der Waals surface area contributed by atoms with Gasteiger partial charge in [0.1, 0.15) is 11.4 Å². The van der Waals surface area contributed by atoms with E-state index in [-0.39, 0.29) is 5.78 Å². The Balaban J connectivity index is 1.78. The fourth-order valence-electron chi connectivity index (χ4n) is 3.02. The highest BCUT2D eigenvalue weighted by atomic mass is 16.5. The van der Waals surface area contributed by atoms with Crippen molar-refractivity contribution in [1.82, 2.24) is 15.0 Å². The number of rotatable bonds is 5. The minimum absolute atomic E-state index is 0.0839. The zero-order chi connectivity index (χ0) is 19.5. The van der Waals surface area contributed by atoms with Gasteiger partial charge >= 0.3 is 0 Å². The molecule has 0 spiro atoms. The summed E-state index contributed by atoms with van der Waals surface area (Å²) in [6, 6.07) is 22.6. The zero-order valence-corrected chi connectivity index (χ0v) is 15.7. The lowest BCUT2D eigenvalue weighted by Gasteiger charge is -2.09. The molecule has 1 aromatic heterocycles. The predicted molar refractivity (Wildman–Crippen MR) is 108 cm³/mol. The van der Waals surface area contributed by atoms with E-state index in [0.29, 0.717) is 28.1 Å². The second kappa shape index (κ2) is 7.48. The van der Waals surface area contributed by atoms with Gasteiger partial charge in [-0.25, -0.2) is 4.68 Å². The summed E-state index contributed by atoms with van der Waals surface area (Å²) in [4.78, 5) is 13.1. The smallest absolute Gasteiger partial charge is 0.193 e. The normalized spacial score (nSPS) is 10.6. The molecule has 28 heavy (non-hydrogen) atoms. The van der Waals surface area contributed by atoms with Crippen LogP contribution in [0.2, 0.25) is 0 Å². The minimum Gasteiger partial charge on any atom is -0.497 e. The van der Waals surface area contributed by atoms with Gasteiger partial charge in [0.2, 0.25) is 0 Å². The van der Waals surface area contributed by atoms with Crippen LogP contribution in [0.4, 0.5) is 0 Å². The van der Waals surface area contributed by atoms with Gasteiger partial charge in [0, 0.05) is 16.7 Å². The van der Waals surface area contributed by atoms with Crippen LogP contribution in [0.5, 0.6) is 5.75 Å². The number of carbonyl (C=O) groups is 1. The standard InChI is InChI=1S/C23H19N3O2/c1-16-8-10-18(11-9-16)26-15-22(24-25-26)20-13-12-19(28-2)14-21(20)23(27)17-6-4-3-5-7-17/h3-15H,1-2H3. The molecular formula is C23H19N3O2. The molecule has 0 N–H and O–H groups in total. The van der Waals surface area contributed by atoms with E-state index in [0.717, 1.165) is 5.69 Å². The van der Waals surface area contributed by atoms with E-state index < -0.39 is 0 Å². The number of ketones is 1. The molecule has 5 heteroatoms. The maximum Gasteiger partial charge on any atom is 0.193 e. The summed E-state index contributed by atoms with van der Waals surface area (Å²) < 4.78 is 7.03. The van der Waals surface area contributed by atoms with Crippen LogP contribution in [-0.4, -0.2) is 27.9 Å². The molecule has 4 aromatic rings. The van der Waals surface area contributed by atoms with E-state index in [9.17, 15) is 4.79 Å². The topological polar surface area (TPSA) is 57.0 Å². The summed E-state index contributed by atoms with van der Waals surface area (Å²) in [5.74, 6) is 0.536. The van der Waals surface area contributed by atoms with Crippen molar-refractivity contribution in [3.05, 3.63) is 95.7 Å². The maximum atomic E-state index is 13.1. The van der Waals surface area contributed by atoms with Crippen LogP contribution in [0, 0.1) is 6.92 Å².